The molecule has 1 saturated carbocycles. The molecule has 0 saturated heterocycles. The second kappa shape index (κ2) is 6.47. The van der Waals surface area contributed by atoms with Gasteiger partial charge in [0.05, 0.1) is 0 Å². The lowest BCUT2D eigenvalue weighted by Crippen LogP contribution is -2.33. The first kappa shape index (κ1) is 14.4. The van der Waals surface area contributed by atoms with E-state index in [1.54, 1.807) is 0 Å². The summed E-state index contributed by atoms with van der Waals surface area (Å²) in [5.41, 5.74) is 0.827. The van der Waals surface area contributed by atoms with Crippen molar-refractivity contribution >= 4 is 0 Å². The summed E-state index contributed by atoms with van der Waals surface area (Å²) in [4.78, 5) is 0. The molecule has 0 heterocycles. The fraction of sp³-hybridized carbons (Fsp3) is 0.625. The van der Waals surface area contributed by atoms with Crippen LogP contribution in [0.5, 0.6) is 0 Å². The van der Waals surface area contributed by atoms with E-state index >= 15 is 0 Å². The van der Waals surface area contributed by atoms with Gasteiger partial charge in [0.1, 0.15) is 11.6 Å². The zero-order chi connectivity index (χ0) is 13.8. The third-order valence-electron chi connectivity index (χ3n) is 4.01. The van der Waals surface area contributed by atoms with Crippen molar-refractivity contribution in [2.24, 2.45) is 5.92 Å². The van der Waals surface area contributed by atoms with Crippen molar-refractivity contribution in [2.45, 2.75) is 51.5 Å². The van der Waals surface area contributed by atoms with Gasteiger partial charge in [0, 0.05) is 12.1 Å². The molecule has 3 heteroatoms. The molecule has 1 aliphatic carbocycles. The zero-order valence-electron chi connectivity index (χ0n) is 11.8. The Morgan fingerprint density at radius 2 is 1.74 bits per heavy atom. The molecule has 1 N–H and O–H groups in total. The summed E-state index contributed by atoms with van der Waals surface area (Å²) in [6, 6.07) is 4.41. The molecule has 0 bridgehead atoms. The average molecular weight is 267 g/mol. The summed E-state index contributed by atoms with van der Waals surface area (Å²) in [5.74, 6) is -0.158. The Kier molecular flexibility index (Phi) is 4.92. The van der Waals surface area contributed by atoms with Crippen molar-refractivity contribution in [3.8, 4) is 0 Å². The summed E-state index contributed by atoms with van der Waals surface area (Å²) < 4.78 is 26.7. The summed E-state index contributed by atoms with van der Waals surface area (Å²) >= 11 is 0. The molecule has 1 aromatic carbocycles. The van der Waals surface area contributed by atoms with Crippen LogP contribution in [0.15, 0.2) is 18.2 Å². The molecule has 106 valence electrons. The molecule has 1 fully saturated rings. The van der Waals surface area contributed by atoms with Crippen molar-refractivity contribution in [1.82, 2.24) is 5.32 Å². The standard InChI is InChI=1S/C16H23F2N/c1-11(2)19-10-12-5-3-4-6-16(12)13-7-14(17)9-15(18)8-13/h7-9,11-12,16,19H,3-6,10H2,1-2H3. The molecule has 1 aromatic rings. The van der Waals surface area contributed by atoms with Crippen molar-refractivity contribution < 1.29 is 8.78 Å². The van der Waals surface area contributed by atoms with Gasteiger partial charge >= 0.3 is 0 Å². The van der Waals surface area contributed by atoms with E-state index in [0.29, 0.717) is 12.0 Å². The van der Waals surface area contributed by atoms with E-state index < -0.39 is 11.6 Å². The Labute approximate surface area is 114 Å². The SMILES string of the molecule is CC(C)NCC1CCCCC1c1cc(F)cc(F)c1. The molecular weight excluding hydrogens is 244 g/mol. The monoisotopic (exact) mass is 267 g/mol. The molecule has 0 aliphatic heterocycles. The van der Waals surface area contributed by atoms with Gasteiger partial charge in [0.15, 0.2) is 0 Å². The van der Waals surface area contributed by atoms with E-state index in [1.165, 1.54) is 18.6 Å². The van der Waals surface area contributed by atoms with Crippen LogP contribution in [-0.4, -0.2) is 12.6 Å². The van der Waals surface area contributed by atoms with Gasteiger partial charge in [0.25, 0.3) is 0 Å². The lowest BCUT2D eigenvalue weighted by Gasteiger charge is -2.32. The quantitative estimate of drug-likeness (QED) is 0.860. The van der Waals surface area contributed by atoms with Gasteiger partial charge in [-0.25, -0.2) is 8.78 Å². The molecule has 2 atom stereocenters. The fourth-order valence-electron chi connectivity index (χ4n) is 3.07. The van der Waals surface area contributed by atoms with Crippen molar-refractivity contribution in [3.05, 3.63) is 35.4 Å². The van der Waals surface area contributed by atoms with Gasteiger partial charge in [-0.3, -0.25) is 0 Å². The predicted octanol–water partition coefficient (Wildman–Crippen LogP) is 4.24. The Morgan fingerprint density at radius 3 is 2.37 bits per heavy atom. The van der Waals surface area contributed by atoms with Gasteiger partial charge in [-0.05, 0) is 48.9 Å². The van der Waals surface area contributed by atoms with Crippen molar-refractivity contribution in [3.63, 3.8) is 0 Å². The van der Waals surface area contributed by atoms with Gasteiger partial charge in [0.2, 0.25) is 0 Å². The number of benzene rings is 1. The van der Waals surface area contributed by atoms with E-state index in [-0.39, 0.29) is 5.92 Å². The van der Waals surface area contributed by atoms with Crippen LogP contribution in [0.4, 0.5) is 8.78 Å². The van der Waals surface area contributed by atoms with Crippen LogP contribution in [0.3, 0.4) is 0 Å². The highest BCUT2D eigenvalue weighted by atomic mass is 19.1. The molecular formula is C16H23F2N. The van der Waals surface area contributed by atoms with E-state index in [9.17, 15) is 8.78 Å². The average Bonchev–Trinajstić information content (AvgIpc) is 2.35. The largest absolute Gasteiger partial charge is 0.314 e. The summed E-state index contributed by atoms with van der Waals surface area (Å²) in [7, 11) is 0. The smallest absolute Gasteiger partial charge is 0.126 e. The van der Waals surface area contributed by atoms with Crippen LogP contribution < -0.4 is 5.32 Å². The molecule has 1 nitrogen and oxygen atoms in total. The number of hydrogen-bond acceptors (Lipinski definition) is 1. The maximum absolute atomic E-state index is 13.4. The van der Waals surface area contributed by atoms with Crippen LogP contribution in [-0.2, 0) is 0 Å². The van der Waals surface area contributed by atoms with Crippen LogP contribution >= 0.6 is 0 Å². The Balaban J connectivity index is 2.13. The van der Waals surface area contributed by atoms with E-state index in [1.807, 2.05) is 0 Å². The van der Waals surface area contributed by atoms with Gasteiger partial charge in [-0.15, -0.1) is 0 Å². The third kappa shape index (κ3) is 4.00. The summed E-state index contributed by atoms with van der Waals surface area (Å²) in [6.45, 7) is 5.18. The van der Waals surface area contributed by atoms with Crippen LogP contribution in [0.1, 0.15) is 51.0 Å². The first-order valence-corrected chi connectivity index (χ1v) is 7.25. The molecule has 0 aromatic heterocycles. The van der Waals surface area contributed by atoms with Gasteiger partial charge < -0.3 is 5.32 Å². The summed E-state index contributed by atoms with van der Waals surface area (Å²) in [5, 5.41) is 3.46. The number of hydrogen-bond donors (Lipinski definition) is 1. The number of nitrogens with one attached hydrogen (secondary N) is 1. The lowest BCUT2D eigenvalue weighted by atomic mass is 9.75. The minimum absolute atomic E-state index is 0.283. The van der Waals surface area contributed by atoms with E-state index in [4.69, 9.17) is 0 Å². The molecule has 0 amide bonds. The van der Waals surface area contributed by atoms with Crippen LogP contribution in [0.2, 0.25) is 0 Å². The fourth-order valence-corrected chi connectivity index (χ4v) is 3.07. The molecule has 1 aliphatic rings. The topological polar surface area (TPSA) is 12.0 Å². The highest BCUT2D eigenvalue weighted by Gasteiger charge is 2.27. The maximum atomic E-state index is 13.4. The van der Waals surface area contributed by atoms with E-state index in [0.717, 1.165) is 37.4 Å². The Morgan fingerprint density at radius 1 is 1.11 bits per heavy atom. The zero-order valence-corrected chi connectivity index (χ0v) is 11.8. The van der Waals surface area contributed by atoms with E-state index in [2.05, 4.69) is 19.2 Å². The Bertz CT molecular complexity index is 397. The third-order valence-corrected chi connectivity index (χ3v) is 4.01. The van der Waals surface area contributed by atoms with Crippen molar-refractivity contribution in [1.29, 1.82) is 0 Å². The predicted molar refractivity (Wildman–Crippen MR) is 74.2 cm³/mol. The van der Waals surface area contributed by atoms with Gasteiger partial charge in [-0.1, -0.05) is 26.7 Å². The minimum Gasteiger partial charge on any atom is -0.314 e. The van der Waals surface area contributed by atoms with Crippen LogP contribution in [0.25, 0.3) is 0 Å². The molecule has 2 rings (SSSR count). The minimum atomic E-state index is -0.462. The summed E-state index contributed by atoms with van der Waals surface area (Å²) in [6.07, 6.45) is 4.55. The highest BCUT2D eigenvalue weighted by molar-refractivity contribution is 5.23. The van der Waals surface area contributed by atoms with Gasteiger partial charge in [-0.2, -0.15) is 0 Å². The lowest BCUT2D eigenvalue weighted by molar-refractivity contribution is 0.288. The Hall–Kier alpha value is -0.960. The molecule has 0 spiro atoms. The maximum Gasteiger partial charge on any atom is 0.126 e. The highest BCUT2D eigenvalue weighted by Crippen LogP contribution is 2.38. The number of rotatable bonds is 4. The van der Waals surface area contributed by atoms with Crippen molar-refractivity contribution in [2.75, 3.05) is 6.54 Å². The first-order chi connectivity index (χ1) is 9.06. The first-order valence-electron chi connectivity index (χ1n) is 7.25. The number of halogens is 2. The molecule has 2 unspecified atom stereocenters. The normalized spacial score (nSPS) is 23.8. The molecule has 0 radical (unpaired) electrons. The van der Waals surface area contributed by atoms with Crippen LogP contribution in [0, 0.1) is 17.6 Å². The molecule has 19 heavy (non-hydrogen) atoms. The second-order valence-electron chi connectivity index (χ2n) is 5.92. The second-order valence-corrected chi connectivity index (χ2v) is 5.92.